The van der Waals surface area contributed by atoms with E-state index in [2.05, 4.69) is 20.5 Å². The fraction of sp³-hybridized carbons (Fsp3) is 0. The van der Waals surface area contributed by atoms with Crippen LogP contribution in [0.25, 0.3) is 10.9 Å². The number of aromatic hydroxyl groups is 2. The number of hydrogen-bond acceptors (Lipinski definition) is 6. The Morgan fingerprint density at radius 1 is 1.05 bits per heavy atom. The Kier molecular flexibility index (Phi) is 3.34. The van der Waals surface area contributed by atoms with Crippen molar-refractivity contribution in [2.75, 3.05) is 5.43 Å². The molecule has 0 aliphatic heterocycles. The summed E-state index contributed by atoms with van der Waals surface area (Å²) in [6.45, 7) is 0. The molecule has 3 rings (SSSR count). The minimum Gasteiger partial charge on any atom is -0.508 e. The van der Waals surface area contributed by atoms with E-state index in [-0.39, 0.29) is 11.5 Å². The van der Waals surface area contributed by atoms with Crippen LogP contribution in [-0.4, -0.2) is 26.4 Å². The molecule has 6 nitrogen and oxygen atoms in total. The maximum absolute atomic E-state index is 9.66. The average molecular weight is 280 g/mol. The van der Waals surface area contributed by atoms with Gasteiger partial charge in [0.1, 0.15) is 17.8 Å². The maximum Gasteiger partial charge on any atom is 0.157 e. The van der Waals surface area contributed by atoms with Crippen LogP contribution in [0.4, 0.5) is 5.82 Å². The molecule has 3 N–H and O–H groups in total. The summed E-state index contributed by atoms with van der Waals surface area (Å²) in [6, 6.07) is 11.9. The van der Waals surface area contributed by atoms with Crippen LogP contribution >= 0.6 is 0 Å². The van der Waals surface area contributed by atoms with Crippen LogP contribution in [0.15, 0.2) is 53.9 Å². The maximum atomic E-state index is 9.66. The normalized spacial score (nSPS) is 11.0. The quantitative estimate of drug-likeness (QED) is 0.506. The lowest BCUT2D eigenvalue weighted by Crippen LogP contribution is -1.95. The smallest absolute Gasteiger partial charge is 0.157 e. The van der Waals surface area contributed by atoms with Crippen molar-refractivity contribution in [1.82, 2.24) is 9.97 Å². The van der Waals surface area contributed by atoms with E-state index in [1.165, 1.54) is 24.7 Å². The highest BCUT2D eigenvalue weighted by molar-refractivity contribution is 5.89. The van der Waals surface area contributed by atoms with Crippen molar-refractivity contribution in [2.45, 2.75) is 0 Å². The monoisotopic (exact) mass is 280 g/mol. The number of para-hydroxylation sites is 1. The number of benzene rings is 2. The van der Waals surface area contributed by atoms with E-state index in [0.717, 1.165) is 10.9 Å². The topological polar surface area (TPSA) is 90.6 Å². The third-order valence-electron chi connectivity index (χ3n) is 2.93. The Morgan fingerprint density at radius 2 is 1.90 bits per heavy atom. The molecule has 0 spiro atoms. The van der Waals surface area contributed by atoms with Crippen LogP contribution in [-0.2, 0) is 0 Å². The lowest BCUT2D eigenvalue weighted by molar-refractivity contribution is 0.450. The van der Waals surface area contributed by atoms with Crippen molar-refractivity contribution < 1.29 is 10.2 Å². The third kappa shape index (κ3) is 2.74. The molecular formula is C15H12N4O2. The lowest BCUT2D eigenvalue weighted by Gasteiger charge is -2.03. The molecule has 1 heterocycles. The number of nitrogens with one attached hydrogen (secondary N) is 1. The summed E-state index contributed by atoms with van der Waals surface area (Å²) < 4.78 is 0. The largest absolute Gasteiger partial charge is 0.508 e. The average Bonchev–Trinajstić information content (AvgIpc) is 2.50. The molecule has 0 aliphatic carbocycles. The number of aromatic nitrogens is 2. The zero-order chi connectivity index (χ0) is 14.7. The van der Waals surface area contributed by atoms with Crippen molar-refractivity contribution in [3.05, 3.63) is 54.4 Å². The predicted molar refractivity (Wildman–Crippen MR) is 80.5 cm³/mol. The minimum absolute atomic E-state index is 0.000552. The fourth-order valence-corrected chi connectivity index (χ4v) is 1.90. The number of hydrogen-bond donors (Lipinski definition) is 3. The number of fused-ring (bicyclic) bond motifs is 1. The van der Waals surface area contributed by atoms with Gasteiger partial charge >= 0.3 is 0 Å². The number of anilines is 1. The first kappa shape index (κ1) is 12.9. The molecule has 0 unspecified atom stereocenters. The van der Waals surface area contributed by atoms with Crippen molar-refractivity contribution in [2.24, 2.45) is 5.10 Å². The van der Waals surface area contributed by atoms with Crippen LogP contribution in [0, 0.1) is 0 Å². The fourth-order valence-electron chi connectivity index (χ4n) is 1.90. The summed E-state index contributed by atoms with van der Waals surface area (Å²) >= 11 is 0. The highest BCUT2D eigenvalue weighted by Crippen LogP contribution is 2.21. The van der Waals surface area contributed by atoms with Gasteiger partial charge in [0.05, 0.1) is 11.7 Å². The van der Waals surface area contributed by atoms with Gasteiger partial charge in [0.25, 0.3) is 0 Å². The Bertz CT molecular complexity index is 812. The van der Waals surface area contributed by atoms with Gasteiger partial charge in [0, 0.05) is 17.0 Å². The molecule has 1 aromatic heterocycles. The number of phenolic OH excluding ortho intramolecular Hbond substituents is 2. The number of phenols is 2. The van der Waals surface area contributed by atoms with Gasteiger partial charge < -0.3 is 10.2 Å². The Hall–Kier alpha value is -3.15. The second-order valence-corrected chi connectivity index (χ2v) is 4.35. The van der Waals surface area contributed by atoms with Gasteiger partial charge in [-0.15, -0.1) is 0 Å². The van der Waals surface area contributed by atoms with Gasteiger partial charge in [0.2, 0.25) is 0 Å². The van der Waals surface area contributed by atoms with E-state index in [1.807, 2.05) is 24.3 Å². The van der Waals surface area contributed by atoms with E-state index in [4.69, 9.17) is 0 Å². The SMILES string of the molecule is Oc1ccc(/C=N/Nc2ncnc3ccccc23)c(O)c1. The zero-order valence-corrected chi connectivity index (χ0v) is 10.9. The second kappa shape index (κ2) is 5.46. The van der Waals surface area contributed by atoms with Gasteiger partial charge in [-0.25, -0.2) is 9.97 Å². The molecule has 0 amide bonds. The van der Waals surface area contributed by atoms with E-state index >= 15 is 0 Å². The summed E-state index contributed by atoms with van der Waals surface area (Å²) in [5.74, 6) is 0.530. The third-order valence-corrected chi connectivity index (χ3v) is 2.93. The van der Waals surface area contributed by atoms with Crippen molar-refractivity contribution in [3.63, 3.8) is 0 Å². The van der Waals surface area contributed by atoms with Crippen molar-refractivity contribution in [3.8, 4) is 11.5 Å². The summed E-state index contributed by atoms with van der Waals surface area (Å²) in [5.41, 5.74) is 4.12. The number of nitrogens with zero attached hydrogens (tertiary/aromatic N) is 3. The molecule has 2 aromatic carbocycles. The van der Waals surface area contributed by atoms with Crippen LogP contribution < -0.4 is 5.43 Å². The van der Waals surface area contributed by atoms with E-state index < -0.39 is 0 Å². The molecule has 0 bridgehead atoms. The van der Waals surface area contributed by atoms with Gasteiger partial charge in [-0.3, -0.25) is 5.43 Å². The first-order chi connectivity index (χ1) is 10.2. The summed E-state index contributed by atoms with van der Waals surface area (Å²) in [7, 11) is 0. The van der Waals surface area contributed by atoms with Crippen LogP contribution in [0.2, 0.25) is 0 Å². The van der Waals surface area contributed by atoms with Gasteiger partial charge in [-0.2, -0.15) is 5.10 Å². The summed E-state index contributed by atoms with van der Waals surface area (Å²) in [4.78, 5) is 8.30. The Balaban J connectivity index is 1.84. The predicted octanol–water partition coefficient (Wildman–Crippen LogP) is 2.49. The second-order valence-electron chi connectivity index (χ2n) is 4.35. The highest BCUT2D eigenvalue weighted by atomic mass is 16.3. The highest BCUT2D eigenvalue weighted by Gasteiger charge is 2.02. The van der Waals surface area contributed by atoms with Crippen LogP contribution in [0.5, 0.6) is 11.5 Å². The molecule has 104 valence electrons. The molecule has 21 heavy (non-hydrogen) atoms. The standard InChI is InChI=1S/C15H12N4O2/c20-11-6-5-10(14(21)7-11)8-18-19-15-12-3-1-2-4-13(12)16-9-17-15/h1-9,20-21H,(H,16,17,19)/b18-8+. The van der Waals surface area contributed by atoms with Crippen LogP contribution in [0.3, 0.4) is 0 Å². The molecule has 0 atom stereocenters. The molecule has 6 heteroatoms. The van der Waals surface area contributed by atoms with E-state index in [1.54, 1.807) is 6.07 Å². The molecule has 0 fully saturated rings. The molecule has 0 radical (unpaired) electrons. The number of hydrazone groups is 1. The summed E-state index contributed by atoms with van der Waals surface area (Å²) in [5, 5.41) is 23.8. The first-order valence-corrected chi connectivity index (χ1v) is 6.25. The zero-order valence-electron chi connectivity index (χ0n) is 10.9. The lowest BCUT2D eigenvalue weighted by atomic mass is 10.2. The van der Waals surface area contributed by atoms with Crippen LogP contribution in [0.1, 0.15) is 5.56 Å². The Labute approximate surface area is 120 Å². The molecule has 0 saturated carbocycles. The van der Waals surface area contributed by atoms with Gasteiger partial charge in [-0.05, 0) is 24.3 Å². The minimum atomic E-state index is -0.0481. The first-order valence-electron chi connectivity index (χ1n) is 6.25. The van der Waals surface area contributed by atoms with Gasteiger partial charge in [0.15, 0.2) is 5.82 Å². The van der Waals surface area contributed by atoms with Crippen molar-refractivity contribution in [1.29, 1.82) is 0 Å². The molecule has 0 saturated heterocycles. The summed E-state index contributed by atoms with van der Waals surface area (Å²) in [6.07, 6.45) is 2.91. The Morgan fingerprint density at radius 3 is 2.76 bits per heavy atom. The molecule has 0 aliphatic rings. The molecular weight excluding hydrogens is 268 g/mol. The number of rotatable bonds is 3. The van der Waals surface area contributed by atoms with Crippen molar-refractivity contribution >= 4 is 22.9 Å². The van der Waals surface area contributed by atoms with Gasteiger partial charge in [-0.1, -0.05) is 12.1 Å². The van der Waals surface area contributed by atoms with E-state index in [0.29, 0.717) is 11.4 Å². The molecule has 3 aromatic rings. The van der Waals surface area contributed by atoms with E-state index in [9.17, 15) is 10.2 Å².